The van der Waals surface area contributed by atoms with Gasteiger partial charge in [-0.15, -0.1) is 6.58 Å². The van der Waals surface area contributed by atoms with Crippen molar-refractivity contribution in [3.05, 3.63) is 24.8 Å². The van der Waals surface area contributed by atoms with Crippen LogP contribution in [0.5, 0.6) is 0 Å². The van der Waals surface area contributed by atoms with Crippen molar-refractivity contribution in [3.63, 3.8) is 0 Å². The van der Waals surface area contributed by atoms with Crippen LogP contribution in [0.2, 0.25) is 0 Å². The van der Waals surface area contributed by atoms with Crippen molar-refractivity contribution in [2.24, 2.45) is 5.73 Å². The molecule has 0 amide bonds. The first-order valence-corrected chi connectivity index (χ1v) is 5.93. The summed E-state index contributed by atoms with van der Waals surface area (Å²) < 4.78 is 1.23. The van der Waals surface area contributed by atoms with Crippen molar-refractivity contribution in [2.75, 3.05) is 32.7 Å². The summed E-state index contributed by atoms with van der Waals surface area (Å²) in [5.41, 5.74) is 4.91. The van der Waals surface area contributed by atoms with Crippen molar-refractivity contribution >= 4 is 0 Å². The molecular formula is C13H29N2+. The minimum Gasteiger partial charge on any atom is -0.327 e. The number of quaternary nitrogens is 1. The van der Waals surface area contributed by atoms with Gasteiger partial charge in [0.1, 0.15) is 0 Å². The standard InChI is InChI=1S/C10H22N.C3H7N/c1-5-9-10-11(6-2,7-3)8-4;1-2-3-4/h5,9H,6-8,10H2,1-4H3;2H,1,3-4H2/q+1;/b9-5+;. The Hall–Kier alpha value is -0.600. The van der Waals surface area contributed by atoms with Crippen molar-refractivity contribution in [3.8, 4) is 0 Å². The van der Waals surface area contributed by atoms with Crippen LogP contribution >= 0.6 is 0 Å². The first-order chi connectivity index (χ1) is 7.16. The fourth-order valence-corrected chi connectivity index (χ4v) is 1.39. The fourth-order valence-electron chi connectivity index (χ4n) is 1.39. The van der Waals surface area contributed by atoms with Crippen molar-refractivity contribution < 1.29 is 4.48 Å². The second-order valence-corrected chi connectivity index (χ2v) is 3.57. The van der Waals surface area contributed by atoms with Gasteiger partial charge in [0.15, 0.2) is 0 Å². The Labute approximate surface area is 96.1 Å². The molecule has 0 aromatic carbocycles. The molecule has 0 radical (unpaired) electrons. The fraction of sp³-hybridized carbons (Fsp3) is 0.692. The van der Waals surface area contributed by atoms with Crippen LogP contribution in [-0.2, 0) is 0 Å². The zero-order chi connectivity index (χ0) is 12.2. The molecule has 2 N–H and O–H groups in total. The van der Waals surface area contributed by atoms with Crippen LogP contribution in [-0.4, -0.2) is 37.2 Å². The summed E-state index contributed by atoms with van der Waals surface area (Å²) in [5, 5.41) is 0. The summed E-state index contributed by atoms with van der Waals surface area (Å²) in [6.45, 7) is 17.8. The Balaban J connectivity index is 0. The summed E-state index contributed by atoms with van der Waals surface area (Å²) >= 11 is 0. The van der Waals surface area contributed by atoms with E-state index in [2.05, 4.69) is 46.4 Å². The van der Waals surface area contributed by atoms with Crippen molar-refractivity contribution in [1.82, 2.24) is 0 Å². The lowest BCUT2D eigenvalue weighted by Crippen LogP contribution is -2.47. The second kappa shape index (κ2) is 11.5. The smallest absolute Gasteiger partial charge is 0.0973 e. The lowest BCUT2D eigenvalue weighted by Gasteiger charge is -2.34. The Morgan fingerprint density at radius 1 is 1.13 bits per heavy atom. The Morgan fingerprint density at radius 2 is 1.53 bits per heavy atom. The normalized spacial score (nSPS) is 11.0. The first-order valence-electron chi connectivity index (χ1n) is 5.93. The van der Waals surface area contributed by atoms with Gasteiger partial charge in [0.25, 0.3) is 0 Å². The van der Waals surface area contributed by atoms with E-state index in [9.17, 15) is 0 Å². The third-order valence-electron chi connectivity index (χ3n) is 2.91. The highest BCUT2D eigenvalue weighted by Gasteiger charge is 2.17. The molecule has 0 fully saturated rings. The molecule has 15 heavy (non-hydrogen) atoms. The second-order valence-electron chi connectivity index (χ2n) is 3.57. The van der Waals surface area contributed by atoms with Crippen LogP contribution in [0.15, 0.2) is 24.8 Å². The maximum atomic E-state index is 4.91. The molecule has 0 atom stereocenters. The van der Waals surface area contributed by atoms with E-state index in [-0.39, 0.29) is 0 Å². The first kappa shape index (κ1) is 16.8. The summed E-state index contributed by atoms with van der Waals surface area (Å²) in [5.74, 6) is 0. The molecule has 0 unspecified atom stereocenters. The summed E-state index contributed by atoms with van der Waals surface area (Å²) in [4.78, 5) is 0. The van der Waals surface area contributed by atoms with Gasteiger partial charge in [0, 0.05) is 6.54 Å². The van der Waals surface area contributed by atoms with E-state index in [0.29, 0.717) is 6.54 Å². The van der Waals surface area contributed by atoms with Crippen LogP contribution < -0.4 is 5.73 Å². The van der Waals surface area contributed by atoms with Crippen molar-refractivity contribution in [1.29, 1.82) is 0 Å². The third-order valence-corrected chi connectivity index (χ3v) is 2.91. The van der Waals surface area contributed by atoms with Crippen LogP contribution in [0.4, 0.5) is 0 Å². The number of nitrogens with two attached hydrogens (primary N) is 1. The topological polar surface area (TPSA) is 26.0 Å². The molecule has 0 saturated carbocycles. The van der Waals surface area contributed by atoms with E-state index in [1.807, 2.05) is 0 Å². The number of rotatable bonds is 6. The van der Waals surface area contributed by atoms with E-state index in [1.54, 1.807) is 6.08 Å². The van der Waals surface area contributed by atoms with Gasteiger partial charge < -0.3 is 10.2 Å². The number of allylic oxidation sites excluding steroid dienone is 1. The molecule has 0 aromatic heterocycles. The minimum absolute atomic E-state index is 0.583. The van der Waals surface area contributed by atoms with Gasteiger partial charge >= 0.3 is 0 Å². The molecule has 0 aliphatic carbocycles. The van der Waals surface area contributed by atoms with Gasteiger partial charge in [-0.1, -0.05) is 12.2 Å². The Kier molecular flexibility index (Phi) is 12.9. The molecule has 2 nitrogen and oxygen atoms in total. The average Bonchev–Trinajstić information content (AvgIpc) is 2.32. The lowest BCUT2D eigenvalue weighted by atomic mass is 10.3. The van der Waals surface area contributed by atoms with Crippen LogP contribution in [0.3, 0.4) is 0 Å². The van der Waals surface area contributed by atoms with Crippen molar-refractivity contribution in [2.45, 2.75) is 27.7 Å². The predicted octanol–water partition coefficient (Wildman–Crippen LogP) is 2.57. The van der Waals surface area contributed by atoms with Gasteiger partial charge in [0.2, 0.25) is 0 Å². The van der Waals surface area contributed by atoms with Gasteiger partial charge in [-0.2, -0.15) is 0 Å². The molecule has 0 aliphatic rings. The summed E-state index contributed by atoms with van der Waals surface area (Å²) in [6, 6.07) is 0. The largest absolute Gasteiger partial charge is 0.327 e. The van der Waals surface area contributed by atoms with E-state index in [1.165, 1.54) is 30.7 Å². The highest BCUT2D eigenvalue weighted by molar-refractivity contribution is 4.76. The Morgan fingerprint density at radius 3 is 1.73 bits per heavy atom. The van der Waals surface area contributed by atoms with Gasteiger partial charge in [-0.3, -0.25) is 0 Å². The number of hydrogen-bond acceptors (Lipinski definition) is 1. The summed E-state index contributed by atoms with van der Waals surface area (Å²) in [7, 11) is 0. The molecular weight excluding hydrogens is 184 g/mol. The molecule has 90 valence electrons. The highest BCUT2D eigenvalue weighted by atomic mass is 15.3. The van der Waals surface area contributed by atoms with Crippen LogP contribution in [0, 0.1) is 0 Å². The molecule has 0 aromatic rings. The maximum absolute atomic E-state index is 4.91. The summed E-state index contributed by atoms with van der Waals surface area (Å²) in [6.07, 6.45) is 6.07. The average molecular weight is 213 g/mol. The maximum Gasteiger partial charge on any atom is 0.0973 e. The minimum atomic E-state index is 0.583. The van der Waals surface area contributed by atoms with E-state index in [4.69, 9.17) is 5.73 Å². The molecule has 0 aliphatic heterocycles. The molecule has 0 bridgehead atoms. The van der Waals surface area contributed by atoms with Gasteiger partial charge in [-0.25, -0.2) is 0 Å². The quantitative estimate of drug-likeness (QED) is 0.532. The van der Waals surface area contributed by atoms with Crippen LogP contribution in [0.25, 0.3) is 0 Å². The zero-order valence-electron chi connectivity index (χ0n) is 11.0. The zero-order valence-corrected chi connectivity index (χ0v) is 11.0. The monoisotopic (exact) mass is 213 g/mol. The molecule has 0 rings (SSSR count). The molecule has 2 heteroatoms. The molecule has 0 saturated heterocycles. The highest BCUT2D eigenvalue weighted by Crippen LogP contribution is 2.05. The molecule has 0 heterocycles. The van der Waals surface area contributed by atoms with E-state index in [0.717, 1.165) is 0 Å². The van der Waals surface area contributed by atoms with E-state index >= 15 is 0 Å². The predicted molar refractivity (Wildman–Crippen MR) is 70.8 cm³/mol. The molecule has 0 spiro atoms. The van der Waals surface area contributed by atoms with E-state index < -0.39 is 0 Å². The van der Waals surface area contributed by atoms with Gasteiger partial charge in [0.05, 0.1) is 26.2 Å². The Bertz CT molecular complexity index is 150. The van der Waals surface area contributed by atoms with Crippen LogP contribution in [0.1, 0.15) is 27.7 Å². The number of likely N-dealkylation sites (N-methyl/N-ethyl adjacent to an activating group) is 1. The number of nitrogens with zero attached hydrogens (tertiary/aromatic N) is 1. The van der Waals surface area contributed by atoms with Gasteiger partial charge in [-0.05, 0) is 33.8 Å². The lowest BCUT2D eigenvalue weighted by molar-refractivity contribution is -0.917. The third kappa shape index (κ3) is 8.40. The number of hydrogen-bond donors (Lipinski definition) is 1. The SMILES string of the molecule is C/C=C/C[N+](CC)(CC)CC.C=CCN.